The van der Waals surface area contributed by atoms with E-state index < -0.39 is 0 Å². The van der Waals surface area contributed by atoms with E-state index in [9.17, 15) is 0 Å². The van der Waals surface area contributed by atoms with Gasteiger partial charge in [0.1, 0.15) is 0 Å². The molecule has 1 nitrogen and oxygen atoms in total. The Hall–Kier alpha value is -3.84. The Kier molecular flexibility index (Phi) is 4.57. The van der Waals surface area contributed by atoms with E-state index in [1.54, 1.807) is 11.1 Å². The molecule has 5 aliphatic rings. The summed E-state index contributed by atoms with van der Waals surface area (Å²) in [5.41, 5.74) is 10.1. The molecule has 0 atom stereocenters. The molecule has 0 aliphatic heterocycles. The van der Waals surface area contributed by atoms with Crippen LogP contribution in [-0.2, 0) is 5.41 Å². The average Bonchev–Trinajstić information content (AvgIpc) is 3.27. The summed E-state index contributed by atoms with van der Waals surface area (Å²) in [5, 5.41) is 2.57. The maximum absolute atomic E-state index is 2.60. The van der Waals surface area contributed by atoms with E-state index in [-0.39, 0.29) is 5.41 Å². The summed E-state index contributed by atoms with van der Waals surface area (Å²) in [5.74, 6) is 3.45. The van der Waals surface area contributed by atoms with Crippen molar-refractivity contribution in [3.05, 3.63) is 126 Å². The van der Waals surface area contributed by atoms with Crippen molar-refractivity contribution in [2.75, 3.05) is 4.90 Å². The Morgan fingerprint density at radius 1 is 0.513 bits per heavy atom. The van der Waals surface area contributed by atoms with Crippen molar-refractivity contribution in [3.8, 4) is 11.1 Å². The van der Waals surface area contributed by atoms with Crippen molar-refractivity contribution in [2.24, 2.45) is 23.7 Å². The van der Waals surface area contributed by atoms with Gasteiger partial charge in [-0.25, -0.2) is 0 Å². The molecule has 4 fully saturated rings. The Labute approximate surface area is 231 Å². The quantitative estimate of drug-likeness (QED) is 0.237. The van der Waals surface area contributed by atoms with E-state index in [1.165, 1.54) is 71.1 Å². The third-order valence-electron chi connectivity index (χ3n) is 10.8. The van der Waals surface area contributed by atoms with Gasteiger partial charge in [-0.2, -0.15) is 0 Å². The van der Waals surface area contributed by atoms with E-state index in [0.29, 0.717) is 0 Å². The normalized spacial score (nSPS) is 27.6. The van der Waals surface area contributed by atoms with Crippen LogP contribution in [0.2, 0.25) is 0 Å². The van der Waals surface area contributed by atoms with Gasteiger partial charge in [-0.05, 0) is 114 Å². The predicted molar refractivity (Wildman–Crippen MR) is 162 cm³/mol. The maximum Gasteiger partial charge on any atom is 0.0540 e. The predicted octanol–water partition coefficient (Wildman–Crippen LogP) is 10.0. The Bertz CT molecular complexity index is 1700. The van der Waals surface area contributed by atoms with Crippen LogP contribution < -0.4 is 4.90 Å². The topological polar surface area (TPSA) is 3.24 Å². The van der Waals surface area contributed by atoms with Crippen LogP contribution in [0.1, 0.15) is 43.2 Å². The molecule has 0 heterocycles. The number of fused-ring (bicyclic) bond motifs is 4. The average molecular weight is 504 g/mol. The lowest BCUT2D eigenvalue weighted by Crippen LogP contribution is -2.55. The van der Waals surface area contributed by atoms with Crippen LogP contribution in [0.4, 0.5) is 17.1 Å². The Morgan fingerprint density at radius 3 is 2.00 bits per heavy atom. The first-order valence-electron chi connectivity index (χ1n) is 14.9. The van der Waals surface area contributed by atoms with Crippen LogP contribution in [-0.4, -0.2) is 0 Å². The molecule has 0 aromatic heterocycles. The van der Waals surface area contributed by atoms with E-state index in [1.807, 2.05) is 0 Å². The molecule has 1 heteroatoms. The highest BCUT2D eigenvalue weighted by atomic mass is 15.1. The fraction of sp³-hybridized carbons (Fsp3) is 0.263. The van der Waals surface area contributed by atoms with Gasteiger partial charge in [0.15, 0.2) is 0 Å². The molecule has 1 spiro atoms. The van der Waals surface area contributed by atoms with Crippen molar-refractivity contribution in [1.82, 2.24) is 0 Å². The van der Waals surface area contributed by atoms with Gasteiger partial charge in [0, 0.05) is 22.2 Å². The first kappa shape index (κ1) is 22.0. The molecular formula is C38H33N. The largest absolute Gasteiger partial charge is 0.310 e. The van der Waals surface area contributed by atoms with Gasteiger partial charge in [-0.1, -0.05) is 84.9 Å². The second-order valence-corrected chi connectivity index (χ2v) is 12.6. The standard InChI is InChI=1S/C38H33N/c1-2-11-30(12-3-1)39(37-16-8-10-27-9-4-5-13-32(27)37)31-17-18-34-33-14-6-7-15-35(33)38(36(34)24-31)28-20-25-19-26(22-28)23-29(38)21-25/h1-18,24-26,28-29H,19-23H2. The molecule has 5 aromatic carbocycles. The van der Waals surface area contributed by atoms with Crippen molar-refractivity contribution in [3.63, 3.8) is 0 Å². The summed E-state index contributed by atoms with van der Waals surface area (Å²) in [6.45, 7) is 0. The van der Waals surface area contributed by atoms with Crippen molar-refractivity contribution < 1.29 is 0 Å². The minimum absolute atomic E-state index is 0.177. The summed E-state index contributed by atoms with van der Waals surface area (Å²) >= 11 is 0. The number of benzene rings is 5. The number of hydrogen-bond donors (Lipinski definition) is 0. The third-order valence-corrected chi connectivity index (χ3v) is 10.8. The first-order valence-corrected chi connectivity index (χ1v) is 14.9. The van der Waals surface area contributed by atoms with Gasteiger partial charge in [-0.3, -0.25) is 0 Å². The summed E-state index contributed by atoms with van der Waals surface area (Å²) in [6, 6.07) is 43.3. The number of nitrogens with zero attached hydrogens (tertiary/aromatic N) is 1. The van der Waals surface area contributed by atoms with Crippen LogP contribution >= 0.6 is 0 Å². The summed E-state index contributed by atoms with van der Waals surface area (Å²) in [6.07, 6.45) is 7.14. The van der Waals surface area contributed by atoms with Gasteiger partial charge >= 0.3 is 0 Å². The molecule has 0 amide bonds. The molecular weight excluding hydrogens is 470 g/mol. The maximum atomic E-state index is 2.60. The molecule has 5 aromatic rings. The van der Waals surface area contributed by atoms with E-state index in [2.05, 4.69) is 120 Å². The van der Waals surface area contributed by atoms with Gasteiger partial charge in [-0.15, -0.1) is 0 Å². The molecule has 190 valence electrons. The highest BCUT2D eigenvalue weighted by molar-refractivity contribution is 5.99. The lowest BCUT2D eigenvalue weighted by molar-refractivity contribution is -0.0399. The lowest BCUT2D eigenvalue weighted by Gasteiger charge is -2.61. The second-order valence-electron chi connectivity index (χ2n) is 12.6. The number of rotatable bonds is 3. The lowest BCUT2D eigenvalue weighted by atomic mass is 9.43. The van der Waals surface area contributed by atoms with Crippen molar-refractivity contribution in [1.29, 1.82) is 0 Å². The number of anilines is 3. The fourth-order valence-corrected chi connectivity index (χ4v) is 9.69. The second kappa shape index (κ2) is 8.09. The monoisotopic (exact) mass is 503 g/mol. The van der Waals surface area contributed by atoms with Crippen LogP contribution in [0, 0.1) is 23.7 Å². The molecule has 0 saturated heterocycles. The highest BCUT2D eigenvalue weighted by Gasteiger charge is 2.61. The molecule has 0 radical (unpaired) electrons. The van der Waals surface area contributed by atoms with Crippen molar-refractivity contribution in [2.45, 2.75) is 37.5 Å². The van der Waals surface area contributed by atoms with E-state index in [0.717, 1.165) is 23.7 Å². The zero-order valence-corrected chi connectivity index (χ0v) is 22.3. The SMILES string of the molecule is c1ccc(N(c2ccc3c(c2)C2(c4ccccc4-3)C3CC4CC(C3)CC2C4)c2cccc3ccccc23)cc1. The Morgan fingerprint density at radius 2 is 1.18 bits per heavy atom. The van der Waals surface area contributed by atoms with Gasteiger partial charge < -0.3 is 4.90 Å². The summed E-state index contributed by atoms with van der Waals surface area (Å²) in [4.78, 5) is 2.50. The van der Waals surface area contributed by atoms with Crippen LogP contribution in [0.5, 0.6) is 0 Å². The molecule has 0 unspecified atom stereocenters. The van der Waals surface area contributed by atoms with Crippen molar-refractivity contribution >= 4 is 27.8 Å². The van der Waals surface area contributed by atoms with Crippen LogP contribution in [0.15, 0.2) is 115 Å². The fourth-order valence-electron chi connectivity index (χ4n) is 9.69. The third kappa shape index (κ3) is 2.96. The molecule has 4 saturated carbocycles. The summed E-state index contributed by atoms with van der Waals surface area (Å²) in [7, 11) is 0. The minimum Gasteiger partial charge on any atom is -0.310 e. The number of para-hydroxylation sites is 1. The molecule has 10 rings (SSSR count). The van der Waals surface area contributed by atoms with Crippen LogP contribution in [0.3, 0.4) is 0 Å². The molecule has 5 aliphatic carbocycles. The van der Waals surface area contributed by atoms with Gasteiger partial charge in [0.05, 0.1) is 5.69 Å². The smallest absolute Gasteiger partial charge is 0.0540 e. The van der Waals surface area contributed by atoms with Gasteiger partial charge in [0.25, 0.3) is 0 Å². The van der Waals surface area contributed by atoms with Crippen LogP contribution in [0.25, 0.3) is 21.9 Å². The first-order chi connectivity index (χ1) is 19.3. The minimum atomic E-state index is 0.177. The highest BCUT2D eigenvalue weighted by Crippen LogP contribution is 2.69. The molecule has 0 N–H and O–H groups in total. The molecule has 39 heavy (non-hydrogen) atoms. The zero-order chi connectivity index (χ0) is 25.6. The van der Waals surface area contributed by atoms with E-state index >= 15 is 0 Å². The number of hydrogen-bond acceptors (Lipinski definition) is 1. The Balaban J connectivity index is 1.30. The molecule has 4 bridgehead atoms. The van der Waals surface area contributed by atoms with Gasteiger partial charge in [0.2, 0.25) is 0 Å². The summed E-state index contributed by atoms with van der Waals surface area (Å²) < 4.78 is 0. The zero-order valence-electron chi connectivity index (χ0n) is 22.3. The van der Waals surface area contributed by atoms with E-state index in [4.69, 9.17) is 0 Å².